The van der Waals surface area contributed by atoms with Crippen LogP contribution in [0.5, 0.6) is 0 Å². The maximum absolute atomic E-state index is 6.12. The van der Waals surface area contributed by atoms with Crippen molar-refractivity contribution >= 4 is 10.8 Å². The Bertz CT molecular complexity index is 592. The zero-order valence-electron chi connectivity index (χ0n) is 11.3. The summed E-state index contributed by atoms with van der Waals surface area (Å²) in [6.45, 7) is 0. The van der Waals surface area contributed by atoms with Crippen LogP contribution in [-0.4, -0.2) is 6.04 Å². The Balaban J connectivity index is 1.92. The molecule has 0 spiro atoms. The van der Waals surface area contributed by atoms with Crippen LogP contribution < -0.4 is 5.73 Å². The van der Waals surface area contributed by atoms with Gasteiger partial charge in [0.05, 0.1) is 0 Å². The molecule has 0 saturated heterocycles. The SMILES string of the molecule is NC1C=C(Cc2cccc3ccccc23)CCCC1. The van der Waals surface area contributed by atoms with E-state index in [9.17, 15) is 0 Å². The quantitative estimate of drug-likeness (QED) is 0.795. The molecule has 19 heavy (non-hydrogen) atoms. The highest BCUT2D eigenvalue weighted by molar-refractivity contribution is 5.85. The van der Waals surface area contributed by atoms with Crippen LogP contribution in [0, 0.1) is 0 Å². The number of allylic oxidation sites excluding steroid dienone is 1. The lowest BCUT2D eigenvalue weighted by Crippen LogP contribution is -2.16. The maximum Gasteiger partial charge on any atom is 0.0226 e. The van der Waals surface area contributed by atoms with Crippen molar-refractivity contribution < 1.29 is 0 Å². The molecule has 0 saturated carbocycles. The predicted octanol–water partition coefficient (Wildman–Crippen LogP) is 4.21. The fourth-order valence-corrected chi connectivity index (χ4v) is 3.04. The molecule has 1 unspecified atom stereocenters. The Morgan fingerprint density at radius 2 is 1.84 bits per heavy atom. The van der Waals surface area contributed by atoms with Gasteiger partial charge in [-0.15, -0.1) is 0 Å². The molecule has 0 heterocycles. The molecule has 1 aliphatic rings. The number of hydrogen-bond acceptors (Lipinski definition) is 1. The van der Waals surface area contributed by atoms with Gasteiger partial charge in [-0.3, -0.25) is 0 Å². The van der Waals surface area contributed by atoms with Crippen molar-refractivity contribution in [2.45, 2.75) is 38.1 Å². The normalized spacial score (nSPS) is 20.1. The molecule has 0 radical (unpaired) electrons. The molecule has 1 atom stereocenters. The van der Waals surface area contributed by atoms with E-state index in [1.807, 2.05) is 0 Å². The van der Waals surface area contributed by atoms with Gasteiger partial charge in [0.25, 0.3) is 0 Å². The number of benzene rings is 2. The van der Waals surface area contributed by atoms with Crippen LogP contribution in [0.25, 0.3) is 10.8 Å². The van der Waals surface area contributed by atoms with Gasteiger partial charge < -0.3 is 5.73 Å². The fourth-order valence-electron chi connectivity index (χ4n) is 3.04. The Morgan fingerprint density at radius 3 is 2.79 bits per heavy atom. The summed E-state index contributed by atoms with van der Waals surface area (Å²) in [5.74, 6) is 0. The largest absolute Gasteiger partial charge is 0.324 e. The van der Waals surface area contributed by atoms with Gasteiger partial charge in [0, 0.05) is 6.04 Å². The van der Waals surface area contributed by atoms with Gasteiger partial charge in [-0.2, -0.15) is 0 Å². The molecule has 0 aromatic heterocycles. The second kappa shape index (κ2) is 5.58. The van der Waals surface area contributed by atoms with E-state index < -0.39 is 0 Å². The van der Waals surface area contributed by atoms with Crippen LogP contribution in [0.3, 0.4) is 0 Å². The van der Waals surface area contributed by atoms with Crippen molar-refractivity contribution in [1.82, 2.24) is 0 Å². The maximum atomic E-state index is 6.12. The minimum atomic E-state index is 0.257. The highest BCUT2D eigenvalue weighted by Crippen LogP contribution is 2.25. The van der Waals surface area contributed by atoms with E-state index in [1.54, 1.807) is 0 Å². The van der Waals surface area contributed by atoms with E-state index in [0.717, 1.165) is 12.8 Å². The zero-order chi connectivity index (χ0) is 13.1. The first-order valence-electron chi connectivity index (χ1n) is 7.25. The molecule has 1 nitrogen and oxygen atoms in total. The topological polar surface area (TPSA) is 26.0 Å². The lowest BCUT2D eigenvalue weighted by atomic mass is 9.96. The van der Waals surface area contributed by atoms with E-state index in [0.29, 0.717) is 0 Å². The smallest absolute Gasteiger partial charge is 0.0226 e. The van der Waals surface area contributed by atoms with Gasteiger partial charge in [-0.1, -0.05) is 60.5 Å². The summed E-state index contributed by atoms with van der Waals surface area (Å²) in [6, 6.07) is 15.5. The Kier molecular flexibility index (Phi) is 3.65. The van der Waals surface area contributed by atoms with Crippen LogP contribution in [0.1, 0.15) is 31.2 Å². The molecule has 2 aromatic rings. The molecule has 0 bridgehead atoms. The van der Waals surface area contributed by atoms with E-state index in [-0.39, 0.29) is 6.04 Å². The average molecular weight is 251 g/mol. The lowest BCUT2D eigenvalue weighted by Gasteiger charge is -2.10. The fraction of sp³-hybridized carbons (Fsp3) is 0.333. The molecular formula is C18H21N. The second-order valence-corrected chi connectivity index (χ2v) is 5.55. The van der Waals surface area contributed by atoms with Crippen molar-refractivity contribution in [3.63, 3.8) is 0 Å². The standard InChI is InChI=1S/C18H21N/c19-17-10-3-1-6-14(13-17)12-16-9-5-8-15-7-2-4-11-18(15)16/h2,4-5,7-9,11,13,17H,1,3,6,10,12,19H2. The number of nitrogens with two attached hydrogens (primary N) is 1. The minimum absolute atomic E-state index is 0.257. The highest BCUT2D eigenvalue weighted by atomic mass is 14.6. The third kappa shape index (κ3) is 2.87. The molecule has 0 amide bonds. The van der Waals surface area contributed by atoms with Gasteiger partial charge >= 0.3 is 0 Å². The molecule has 3 rings (SSSR count). The number of rotatable bonds is 2. The first kappa shape index (κ1) is 12.4. The van der Waals surface area contributed by atoms with Gasteiger partial charge in [-0.25, -0.2) is 0 Å². The Hall–Kier alpha value is -1.60. The van der Waals surface area contributed by atoms with Gasteiger partial charge in [0.15, 0.2) is 0 Å². The molecule has 2 N–H and O–H groups in total. The predicted molar refractivity (Wildman–Crippen MR) is 82.2 cm³/mol. The van der Waals surface area contributed by atoms with Crippen LogP contribution in [0.4, 0.5) is 0 Å². The van der Waals surface area contributed by atoms with Crippen molar-refractivity contribution in [2.75, 3.05) is 0 Å². The van der Waals surface area contributed by atoms with Crippen molar-refractivity contribution in [2.24, 2.45) is 5.73 Å². The lowest BCUT2D eigenvalue weighted by molar-refractivity contribution is 0.654. The van der Waals surface area contributed by atoms with E-state index in [2.05, 4.69) is 48.5 Å². The third-order valence-electron chi connectivity index (χ3n) is 4.03. The first-order chi connectivity index (χ1) is 9.33. The van der Waals surface area contributed by atoms with E-state index in [1.165, 1.54) is 41.2 Å². The van der Waals surface area contributed by atoms with Gasteiger partial charge in [-0.05, 0) is 42.0 Å². The molecule has 0 fully saturated rings. The van der Waals surface area contributed by atoms with Crippen LogP contribution >= 0.6 is 0 Å². The number of hydrogen-bond donors (Lipinski definition) is 1. The van der Waals surface area contributed by atoms with Crippen LogP contribution in [0.2, 0.25) is 0 Å². The first-order valence-corrected chi connectivity index (χ1v) is 7.25. The molecule has 0 aliphatic heterocycles. The van der Waals surface area contributed by atoms with E-state index >= 15 is 0 Å². The Morgan fingerprint density at radius 1 is 1.00 bits per heavy atom. The summed E-state index contributed by atoms with van der Waals surface area (Å²) in [6.07, 6.45) is 8.24. The molecule has 1 heteroatoms. The van der Waals surface area contributed by atoms with Crippen LogP contribution in [0.15, 0.2) is 54.1 Å². The molecule has 2 aromatic carbocycles. The van der Waals surface area contributed by atoms with E-state index in [4.69, 9.17) is 5.73 Å². The summed E-state index contributed by atoms with van der Waals surface area (Å²) in [5, 5.41) is 2.71. The zero-order valence-corrected chi connectivity index (χ0v) is 11.3. The van der Waals surface area contributed by atoms with Gasteiger partial charge in [0.2, 0.25) is 0 Å². The van der Waals surface area contributed by atoms with Crippen molar-refractivity contribution in [3.8, 4) is 0 Å². The molecule has 1 aliphatic carbocycles. The monoisotopic (exact) mass is 251 g/mol. The average Bonchev–Trinajstić information content (AvgIpc) is 2.63. The number of fused-ring (bicyclic) bond motifs is 1. The third-order valence-corrected chi connectivity index (χ3v) is 4.03. The van der Waals surface area contributed by atoms with Crippen molar-refractivity contribution in [1.29, 1.82) is 0 Å². The summed E-state index contributed by atoms with van der Waals surface area (Å²) < 4.78 is 0. The second-order valence-electron chi connectivity index (χ2n) is 5.55. The summed E-state index contributed by atoms with van der Waals surface area (Å²) in [5.41, 5.74) is 9.06. The van der Waals surface area contributed by atoms with Crippen molar-refractivity contribution in [3.05, 3.63) is 59.7 Å². The molecule has 98 valence electrons. The van der Waals surface area contributed by atoms with Crippen LogP contribution in [-0.2, 0) is 6.42 Å². The molecular weight excluding hydrogens is 230 g/mol. The summed E-state index contributed by atoms with van der Waals surface area (Å²) >= 11 is 0. The highest BCUT2D eigenvalue weighted by Gasteiger charge is 2.10. The van der Waals surface area contributed by atoms with Gasteiger partial charge in [0.1, 0.15) is 0 Å². The Labute approximate surface area is 115 Å². The summed E-state index contributed by atoms with van der Waals surface area (Å²) in [7, 11) is 0. The minimum Gasteiger partial charge on any atom is -0.324 e. The summed E-state index contributed by atoms with van der Waals surface area (Å²) in [4.78, 5) is 0.